The van der Waals surface area contributed by atoms with Gasteiger partial charge >= 0.3 is 6.18 Å². The number of nitrogens with zero attached hydrogens (tertiary/aromatic N) is 2. The Morgan fingerprint density at radius 1 is 1.50 bits per heavy atom. The number of halogens is 3. The maximum Gasteiger partial charge on any atom is 0.443 e. The Morgan fingerprint density at radius 2 is 2.08 bits per heavy atom. The van der Waals surface area contributed by atoms with E-state index in [2.05, 4.69) is 4.98 Å². The van der Waals surface area contributed by atoms with Crippen molar-refractivity contribution in [2.24, 2.45) is 0 Å². The van der Waals surface area contributed by atoms with Crippen molar-refractivity contribution in [2.45, 2.75) is 6.18 Å². The average molecular weight is 194 g/mol. The van der Waals surface area contributed by atoms with E-state index in [1.807, 2.05) is 0 Å². The van der Waals surface area contributed by atoms with Crippen molar-refractivity contribution in [1.29, 1.82) is 5.26 Å². The SMILES string of the molecule is N#Cc1sc(C(F)(F)F)nc1O. The van der Waals surface area contributed by atoms with E-state index in [4.69, 9.17) is 10.4 Å². The third-order valence-electron chi connectivity index (χ3n) is 0.953. The van der Waals surface area contributed by atoms with Gasteiger partial charge in [-0.05, 0) is 0 Å². The molecule has 7 heteroatoms. The van der Waals surface area contributed by atoms with Gasteiger partial charge in [0.1, 0.15) is 6.07 Å². The highest BCUT2D eigenvalue weighted by molar-refractivity contribution is 7.12. The number of aromatic hydroxyl groups is 1. The summed E-state index contributed by atoms with van der Waals surface area (Å²) < 4.78 is 35.5. The third kappa shape index (κ3) is 1.48. The Hall–Kier alpha value is -1.29. The highest BCUT2D eigenvalue weighted by atomic mass is 32.1. The van der Waals surface area contributed by atoms with E-state index in [1.165, 1.54) is 6.07 Å². The molecule has 0 aliphatic carbocycles. The van der Waals surface area contributed by atoms with Gasteiger partial charge in [-0.15, -0.1) is 0 Å². The molecule has 3 nitrogen and oxygen atoms in total. The quantitative estimate of drug-likeness (QED) is 0.684. The van der Waals surface area contributed by atoms with Crippen molar-refractivity contribution in [3.8, 4) is 11.9 Å². The molecule has 0 atom stereocenters. The van der Waals surface area contributed by atoms with Crippen molar-refractivity contribution < 1.29 is 18.3 Å². The number of rotatable bonds is 0. The number of hydrogen-bond acceptors (Lipinski definition) is 4. The fourth-order valence-electron chi connectivity index (χ4n) is 0.506. The zero-order chi connectivity index (χ0) is 9.35. The summed E-state index contributed by atoms with van der Waals surface area (Å²) in [5.41, 5.74) is 0. The van der Waals surface area contributed by atoms with Crippen LogP contribution in [0.2, 0.25) is 0 Å². The third-order valence-corrected chi connectivity index (χ3v) is 1.95. The number of nitriles is 1. The minimum absolute atomic E-state index is 0.119. The van der Waals surface area contributed by atoms with Crippen LogP contribution in [0, 0.1) is 11.3 Å². The van der Waals surface area contributed by atoms with E-state index in [1.54, 1.807) is 0 Å². The van der Waals surface area contributed by atoms with Gasteiger partial charge in [0.25, 0.3) is 0 Å². The van der Waals surface area contributed by atoms with E-state index < -0.39 is 21.9 Å². The van der Waals surface area contributed by atoms with Crippen LogP contribution in [-0.2, 0) is 6.18 Å². The van der Waals surface area contributed by atoms with Gasteiger partial charge in [0.05, 0.1) is 0 Å². The molecule has 1 aromatic heterocycles. The first kappa shape index (κ1) is 8.80. The van der Waals surface area contributed by atoms with Crippen molar-refractivity contribution in [2.75, 3.05) is 0 Å². The summed E-state index contributed by atoms with van der Waals surface area (Å²) in [5, 5.41) is 15.7. The molecular formula is C5HF3N2OS. The number of alkyl halides is 3. The molecule has 0 aromatic carbocycles. The first-order valence-corrected chi connectivity index (χ1v) is 3.44. The van der Waals surface area contributed by atoms with Crippen LogP contribution < -0.4 is 0 Å². The maximum atomic E-state index is 11.8. The van der Waals surface area contributed by atoms with Gasteiger partial charge in [0, 0.05) is 0 Å². The summed E-state index contributed by atoms with van der Waals surface area (Å²) in [5.74, 6) is -0.866. The van der Waals surface area contributed by atoms with Gasteiger partial charge < -0.3 is 5.11 Å². The van der Waals surface area contributed by atoms with Gasteiger partial charge in [-0.25, -0.2) is 0 Å². The summed E-state index contributed by atoms with van der Waals surface area (Å²) in [6.45, 7) is 0. The van der Waals surface area contributed by atoms with Crippen molar-refractivity contribution >= 4 is 11.3 Å². The second-order valence-corrected chi connectivity index (χ2v) is 2.78. The Morgan fingerprint density at radius 3 is 2.33 bits per heavy atom. The zero-order valence-electron chi connectivity index (χ0n) is 5.38. The lowest BCUT2D eigenvalue weighted by Crippen LogP contribution is -2.03. The Labute approximate surface area is 68.7 Å². The highest BCUT2D eigenvalue weighted by Crippen LogP contribution is 2.35. The van der Waals surface area contributed by atoms with Crippen molar-refractivity contribution in [1.82, 2.24) is 4.98 Å². The molecule has 0 radical (unpaired) electrons. The molecule has 0 aliphatic heterocycles. The molecule has 0 unspecified atom stereocenters. The van der Waals surface area contributed by atoms with Crippen LogP contribution in [-0.4, -0.2) is 10.1 Å². The van der Waals surface area contributed by atoms with Crippen LogP contribution in [0.3, 0.4) is 0 Å². The standard InChI is InChI=1S/C5HF3N2OS/c6-5(7,8)4-10-3(11)2(1-9)12-4/h11H. The maximum absolute atomic E-state index is 11.8. The lowest BCUT2D eigenvalue weighted by Gasteiger charge is -1.97. The van der Waals surface area contributed by atoms with E-state index in [9.17, 15) is 13.2 Å². The average Bonchev–Trinajstić information content (AvgIpc) is 2.29. The molecular weight excluding hydrogens is 193 g/mol. The first-order chi connectivity index (χ1) is 5.45. The van der Waals surface area contributed by atoms with Crippen LogP contribution in [0.25, 0.3) is 0 Å². The molecule has 0 amide bonds. The molecule has 0 spiro atoms. The number of thiazole rings is 1. The Kier molecular flexibility index (Phi) is 1.94. The van der Waals surface area contributed by atoms with Crippen LogP contribution in [0.1, 0.15) is 9.88 Å². The highest BCUT2D eigenvalue weighted by Gasteiger charge is 2.36. The van der Waals surface area contributed by atoms with Gasteiger partial charge in [-0.3, -0.25) is 0 Å². The summed E-state index contributed by atoms with van der Waals surface area (Å²) in [7, 11) is 0. The second kappa shape index (κ2) is 2.64. The molecule has 1 rings (SSSR count). The summed E-state index contributed by atoms with van der Waals surface area (Å²) in [4.78, 5) is 2.35. The summed E-state index contributed by atoms with van der Waals surface area (Å²) in [6, 6.07) is 1.39. The van der Waals surface area contributed by atoms with Crippen LogP contribution in [0.4, 0.5) is 13.2 Å². The van der Waals surface area contributed by atoms with E-state index in [0.29, 0.717) is 0 Å². The molecule has 64 valence electrons. The summed E-state index contributed by atoms with van der Waals surface area (Å²) >= 11 is 0.119. The van der Waals surface area contributed by atoms with E-state index in [-0.39, 0.29) is 11.3 Å². The predicted octanol–water partition coefficient (Wildman–Crippen LogP) is 1.74. The van der Waals surface area contributed by atoms with Crippen molar-refractivity contribution in [3.63, 3.8) is 0 Å². The van der Waals surface area contributed by atoms with E-state index in [0.717, 1.165) is 0 Å². The van der Waals surface area contributed by atoms with Gasteiger partial charge in [-0.2, -0.15) is 23.4 Å². The smallest absolute Gasteiger partial charge is 0.443 e. The largest absolute Gasteiger partial charge is 0.492 e. The normalized spacial score (nSPS) is 11.2. The fraction of sp³-hybridized carbons (Fsp3) is 0.200. The molecule has 0 fully saturated rings. The fourth-order valence-corrected chi connectivity index (χ4v) is 1.13. The Balaban J connectivity index is 3.16. The van der Waals surface area contributed by atoms with Crippen LogP contribution in [0.15, 0.2) is 0 Å². The van der Waals surface area contributed by atoms with Crippen LogP contribution >= 0.6 is 11.3 Å². The molecule has 0 aliphatic rings. The van der Waals surface area contributed by atoms with Gasteiger partial charge in [0.2, 0.25) is 10.9 Å². The number of aromatic nitrogens is 1. The summed E-state index contributed by atoms with van der Waals surface area (Å²) in [6.07, 6.45) is -4.60. The minimum atomic E-state index is -4.60. The second-order valence-electron chi connectivity index (χ2n) is 1.78. The number of hydrogen-bond donors (Lipinski definition) is 1. The topological polar surface area (TPSA) is 56.9 Å². The molecule has 1 heterocycles. The lowest BCUT2D eigenvalue weighted by molar-refractivity contribution is -0.137. The molecule has 1 aromatic rings. The van der Waals surface area contributed by atoms with Crippen LogP contribution in [0.5, 0.6) is 5.88 Å². The van der Waals surface area contributed by atoms with E-state index >= 15 is 0 Å². The molecule has 1 N–H and O–H groups in total. The predicted molar refractivity (Wildman–Crippen MR) is 33.5 cm³/mol. The monoisotopic (exact) mass is 194 g/mol. The van der Waals surface area contributed by atoms with Gasteiger partial charge in [0.15, 0.2) is 4.88 Å². The minimum Gasteiger partial charge on any atom is -0.492 e. The van der Waals surface area contributed by atoms with Crippen molar-refractivity contribution in [3.05, 3.63) is 9.88 Å². The molecule has 0 saturated carbocycles. The van der Waals surface area contributed by atoms with Gasteiger partial charge in [-0.1, -0.05) is 11.3 Å². The first-order valence-electron chi connectivity index (χ1n) is 2.62. The zero-order valence-corrected chi connectivity index (χ0v) is 6.20. The Bertz CT molecular complexity index is 337. The lowest BCUT2D eigenvalue weighted by atomic mass is 10.6. The molecule has 12 heavy (non-hydrogen) atoms. The molecule has 0 saturated heterocycles. The molecule has 0 bridgehead atoms.